The highest BCUT2D eigenvalue weighted by Gasteiger charge is 2.45. The Hall–Kier alpha value is -2.30. The van der Waals surface area contributed by atoms with Crippen LogP contribution in [0.2, 0.25) is 0 Å². The van der Waals surface area contributed by atoms with Gasteiger partial charge in [0.25, 0.3) is 5.56 Å². The minimum Gasteiger partial charge on any atom is -0.469 e. The van der Waals surface area contributed by atoms with E-state index in [9.17, 15) is 9.59 Å². The van der Waals surface area contributed by atoms with Gasteiger partial charge < -0.3 is 14.7 Å². The van der Waals surface area contributed by atoms with Gasteiger partial charge in [-0.1, -0.05) is 0 Å². The van der Waals surface area contributed by atoms with Gasteiger partial charge in [0, 0.05) is 29.6 Å². The third-order valence-corrected chi connectivity index (χ3v) is 3.97. The molecule has 3 rings (SSSR count). The van der Waals surface area contributed by atoms with Crippen LogP contribution >= 0.6 is 0 Å². The fourth-order valence-electron chi connectivity index (χ4n) is 2.71. The van der Waals surface area contributed by atoms with Crippen LogP contribution in [0.1, 0.15) is 34.9 Å². The number of rotatable bonds is 4. The van der Waals surface area contributed by atoms with Gasteiger partial charge in [-0.3, -0.25) is 9.59 Å². The number of aromatic amines is 1. The van der Waals surface area contributed by atoms with E-state index in [2.05, 4.69) is 10.3 Å². The van der Waals surface area contributed by atoms with Crippen molar-refractivity contribution in [2.45, 2.75) is 32.7 Å². The maximum atomic E-state index is 12.1. The van der Waals surface area contributed by atoms with Crippen molar-refractivity contribution in [1.29, 1.82) is 0 Å². The highest BCUT2D eigenvalue weighted by atomic mass is 16.3. The summed E-state index contributed by atoms with van der Waals surface area (Å²) in [6.45, 7) is 3.99. The number of hydrogen-bond acceptors (Lipinski definition) is 3. The second-order valence-electron chi connectivity index (χ2n) is 5.62. The lowest BCUT2D eigenvalue weighted by Crippen LogP contribution is -2.29. The molecule has 0 unspecified atom stereocenters. The predicted octanol–water partition coefficient (Wildman–Crippen LogP) is 2.00. The molecule has 1 saturated carbocycles. The average Bonchev–Trinajstić information content (AvgIpc) is 3.03. The minimum absolute atomic E-state index is 0.0178. The molecule has 2 N–H and O–H groups in total. The Kier molecular flexibility index (Phi) is 3.41. The van der Waals surface area contributed by atoms with Crippen LogP contribution in [0.3, 0.4) is 0 Å². The summed E-state index contributed by atoms with van der Waals surface area (Å²) in [7, 11) is 0. The van der Waals surface area contributed by atoms with E-state index in [0.29, 0.717) is 5.56 Å². The molecule has 1 fully saturated rings. The first kappa shape index (κ1) is 13.7. The normalized spacial score (nSPS) is 20.3. The quantitative estimate of drug-likeness (QED) is 0.902. The molecule has 5 heteroatoms. The molecule has 0 spiro atoms. The van der Waals surface area contributed by atoms with Gasteiger partial charge in [0.1, 0.15) is 5.76 Å². The summed E-state index contributed by atoms with van der Waals surface area (Å²) in [5, 5.41) is 2.85. The molecule has 2 heterocycles. The van der Waals surface area contributed by atoms with E-state index in [0.717, 1.165) is 23.4 Å². The Morgan fingerprint density at radius 3 is 2.95 bits per heavy atom. The average molecular weight is 286 g/mol. The first-order chi connectivity index (χ1) is 10.1. The van der Waals surface area contributed by atoms with Crippen molar-refractivity contribution in [2.75, 3.05) is 0 Å². The highest BCUT2D eigenvalue weighted by Crippen LogP contribution is 2.47. The van der Waals surface area contributed by atoms with E-state index in [1.807, 2.05) is 32.0 Å². The molecular formula is C16H18N2O3. The molecule has 2 aromatic rings. The summed E-state index contributed by atoms with van der Waals surface area (Å²) in [6.07, 6.45) is 2.43. The van der Waals surface area contributed by atoms with Gasteiger partial charge >= 0.3 is 0 Å². The van der Waals surface area contributed by atoms with Crippen molar-refractivity contribution in [1.82, 2.24) is 10.3 Å². The van der Waals surface area contributed by atoms with Crippen LogP contribution in [-0.2, 0) is 11.3 Å². The zero-order valence-electron chi connectivity index (χ0n) is 12.1. The third-order valence-electron chi connectivity index (χ3n) is 3.97. The maximum Gasteiger partial charge on any atom is 0.253 e. The van der Waals surface area contributed by atoms with Crippen molar-refractivity contribution < 1.29 is 9.21 Å². The largest absolute Gasteiger partial charge is 0.469 e. The van der Waals surface area contributed by atoms with Crippen molar-refractivity contribution in [3.05, 3.63) is 57.4 Å². The lowest BCUT2D eigenvalue weighted by molar-refractivity contribution is -0.122. The topological polar surface area (TPSA) is 75.1 Å². The number of carbonyl (C=O) groups is 1. The molecule has 0 bridgehead atoms. The predicted molar refractivity (Wildman–Crippen MR) is 77.9 cm³/mol. The standard InChI is InChI=1S/C16H18N2O3/c1-9-6-10(2)18-16(20)13(9)8-17-15(19)12-7-11(12)14-4-3-5-21-14/h3-6,11-12H,7-8H2,1-2H3,(H,17,19)(H,18,20)/t11-,12-/m0/s1. The number of pyridine rings is 1. The van der Waals surface area contributed by atoms with Gasteiger partial charge in [0.05, 0.1) is 6.26 Å². The van der Waals surface area contributed by atoms with Crippen molar-refractivity contribution in [3.8, 4) is 0 Å². The van der Waals surface area contributed by atoms with Gasteiger partial charge in [0.2, 0.25) is 5.91 Å². The molecule has 1 aliphatic rings. The van der Waals surface area contributed by atoms with E-state index in [1.165, 1.54) is 0 Å². The molecule has 1 amide bonds. The molecule has 0 aromatic carbocycles. The summed E-state index contributed by atoms with van der Waals surface area (Å²) < 4.78 is 5.32. The molecule has 1 aliphatic carbocycles. The van der Waals surface area contributed by atoms with Gasteiger partial charge in [-0.25, -0.2) is 0 Å². The van der Waals surface area contributed by atoms with Crippen LogP contribution < -0.4 is 10.9 Å². The zero-order chi connectivity index (χ0) is 15.0. The summed E-state index contributed by atoms with van der Waals surface area (Å²) in [5.74, 6) is 0.980. The minimum atomic E-state index is -0.133. The van der Waals surface area contributed by atoms with E-state index < -0.39 is 0 Å². The lowest BCUT2D eigenvalue weighted by atomic mass is 10.1. The molecule has 2 atom stereocenters. The summed E-state index contributed by atoms with van der Waals surface area (Å²) >= 11 is 0. The second-order valence-corrected chi connectivity index (χ2v) is 5.62. The molecule has 0 saturated heterocycles. The summed E-state index contributed by atoms with van der Waals surface area (Å²) in [6, 6.07) is 5.64. The fourth-order valence-corrected chi connectivity index (χ4v) is 2.71. The lowest BCUT2D eigenvalue weighted by Gasteiger charge is -2.08. The molecule has 21 heavy (non-hydrogen) atoms. The second kappa shape index (κ2) is 5.24. The number of aromatic nitrogens is 1. The Morgan fingerprint density at radius 2 is 2.29 bits per heavy atom. The van der Waals surface area contributed by atoms with Gasteiger partial charge in [-0.15, -0.1) is 0 Å². The van der Waals surface area contributed by atoms with Crippen molar-refractivity contribution >= 4 is 5.91 Å². The SMILES string of the molecule is Cc1cc(C)c(CNC(=O)[C@H]2C[C@@H]2c2ccco2)c(=O)[nH]1. The number of amides is 1. The van der Waals surface area contributed by atoms with Crippen LogP contribution in [0.25, 0.3) is 0 Å². The number of hydrogen-bond donors (Lipinski definition) is 2. The Morgan fingerprint density at radius 1 is 1.48 bits per heavy atom. The number of carbonyl (C=O) groups excluding carboxylic acids is 1. The number of aryl methyl sites for hydroxylation is 2. The first-order valence-electron chi connectivity index (χ1n) is 7.07. The number of H-pyrrole nitrogens is 1. The Balaban J connectivity index is 1.62. The van der Waals surface area contributed by atoms with Crippen LogP contribution in [0.15, 0.2) is 33.7 Å². The molecule has 2 aromatic heterocycles. The smallest absolute Gasteiger partial charge is 0.253 e. The molecule has 110 valence electrons. The van der Waals surface area contributed by atoms with E-state index >= 15 is 0 Å². The van der Waals surface area contributed by atoms with E-state index in [-0.39, 0.29) is 29.8 Å². The summed E-state index contributed by atoms with van der Waals surface area (Å²) in [5.41, 5.74) is 2.21. The molecular weight excluding hydrogens is 268 g/mol. The molecule has 0 radical (unpaired) electrons. The third kappa shape index (κ3) is 2.77. The summed E-state index contributed by atoms with van der Waals surface area (Å²) in [4.78, 5) is 26.8. The maximum absolute atomic E-state index is 12.1. The van der Waals surface area contributed by atoms with Crippen LogP contribution in [-0.4, -0.2) is 10.9 Å². The highest BCUT2D eigenvalue weighted by molar-refractivity contribution is 5.82. The Labute approximate surface area is 122 Å². The van der Waals surface area contributed by atoms with Crippen LogP contribution in [0, 0.1) is 19.8 Å². The van der Waals surface area contributed by atoms with Crippen molar-refractivity contribution in [3.63, 3.8) is 0 Å². The van der Waals surface area contributed by atoms with Crippen LogP contribution in [0.4, 0.5) is 0 Å². The van der Waals surface area contributed by atoms with Gasteiger partial charge in [0.15, 0.2) is 0 Å². The number of furan rings is 1. The monoisotopic (exact) mass is 286 g/mol. The molecule has 5 nitrogen and oxygen atoms in total. The van der Waals surface area contributed by atoms with Crippen molar-refractivity contribution in [2.24, 2.45) is 5.92 Å². The first-order valence-corrected chi connectivity index (χ1v) is 7.07. The van der Waals surface area contributed by atoms with Gasteiger partial charge in [-0.05, 0) is 44.0 Å². The van der Waals surface area contributed by atoms with Gasteiger partial charge in [-0.2, -0.15) is 0 Å². The van der Waals surface area contributed by atoms with E-state index in [4.69, 9.17) is 4.42 Å². The number of nitrogens with one attached hydrogen (secondary N) is 2. The fraction of sp³-hybridized carbons (Fsp3) is 0.375. The zero-order valence-corrected chi connectivity index (χ0v) is 12.1. The van der Waals surface area contributed by atoms with Crippen LogP contribution in [0.5, 0.6) is 0 Å². The Bertz CT molecular complexity index is 716. The molecule has 0 aliphatic heterocycles. The van der Waals surface area contributed by atoms with E-state index in [1.54, 1.807) is 6.26 Å².